The van der Waals surface area contributed by atoms with Crippen LogP contribution < -0.4 is 4.74 Å². The Morgan fingerprint density at radius 1 is 1.36 bits per heavy atom. The third kappa shape index (κ3) is 4.47. The number of rotatable bonds is 2. The SMILES string of the molecule is CC.Cc1cnc(OC(C)C)c(Cl)c1. The molecule has 0 fully saturated rings. The molecule has 80 valence electrons. The fourth-order valence-electron chi connectivity index (χ4n) is 0.831. The van der Waals surface area contributed by atoms with Crippen LogP contribution in [0.3, 0.4) is 0 Å². The fraction of sp³-hybridized carbons (Fsp3) is 0.545. The molecule has 0 atom stereocenters. The molecule has 0 N–H and O–H groups in total. The molecule has 3 heteroatoms. The summed E-state index contributed by atoms with van der Waals surface area (Å²) in [6.45, 7) is 9.83. The van der Waals surface area contributed by atoms with Crippen LogP contribution in [0.1, 0.15) is 33.3 Å². The normalized spacial score (nSPS) is 9.36. The lowest BCUT2D eigenvalue weighted by Gasteiger charge is -2.09. The summed E-state index contributed by atoms with van der Waals surface area (Å²) < 4.78 is 5.36. The molecular weight excluding hydrogens is 198 g/mol. The number of aromatic nitrogens is 1. The maximum atomic E-state index is 5.89. The number of nitrogens with zero attached hydrogens (tertiary/aromatic N) is 1. The van der Waals surface area contributed by atoms with Gasteiger partial charge in [-0.15, -0.1) is 0 Å². The minimum atomic E-state index is 0.109. The number of ether oxygens (including phenoxy) is 1. The third-order valence-corrected chi connectivity index (χ3v) is 1.56. The Morgan fingerprint density at radius 2 is 1.93 bits per heavy atom. The predicted octanol–water partition coefficient (Wildman–Crippen LogP) is 3.86. The number of hydrogen-bond acceptors (Lipinski definition) is 2. The molecule has 0 amide bonds. The van der Waals surface area contributed by atoms with Crippen LogP contribution in [0.5, 0.6) is 5.88 Å². The molecule has 2 nitrogen and oxygen atoms in total. The molecule has 0 aromatic carbocycles. The van der Waals surface area contributed by atoms with Gasteiger partial charge in [-0.1, -0.05) is 25.4 Å². The standard InChI is InChI=1S/C9H12ClNO.C2H6/c1-6(2)12-9-8(10)4-7(3)5-11-9;1-2/h4-6H,1-3H3;1-2H3. The Kier molecular flexibility index (Phi) is 6.30. The van der Waals surface area contributed by atoms with Crippen LogP contribution in [0.4, 0.5) is 0 Å². The molecule has 1 rings (SSSR count). The molecule has 0 aliphatic heterocycles. The van der Waals surface area contributed by atoms with Gasteiger partial charge in [-0.05, 0) is 32.4 Å². The smallest absolute Gasteiger partial charge is 0.232 e. The van der Waals surface area contributed by atoms with Gasteiger partial charge in [0.1, 0.15) is 5.02 Å². The third-order valence-electron chi connectivity index (χ3n) is 1.29. The number of halogens is 1. The van der Waals surface area contributed by atoms with Crippen molar-refractivity contribution in [2.75, 3.05) is 0 Å². The van der Waals surface area contributed by atoms with E-state index in [1.165, 1.54) is 0 Å². The molecule has 1 aromatic heterocycles. The van der Waals surface area contributed by atoms with Crippen molar-refractivity contribution < 1.29 is 4.74 Å². The second kappa shape index (κ2) is 6.66. The molecule has 14 heavy (non-hydrogen) atoms. The highest BCUT2D eigenvalue weighted by Gasteiger charge is 2.04. The van der Waals surface area contributed by atoms with Crippen molar-refractivity contribution in [2.45, 2.75) is 40.7 Å². The van der Waals surface area contributed by atoms with Crippen LogP contribution in [0.15, 0.2) is 12.3 Å². The highest BCUT2D eigenvalue weighted by atomic mass is 35.5. The van der Waals surface area contributed by atoms with E-state index >= 15 is 0 Å². The summed E-state index contributed by atoms with van der Waals surface area (Å²) >= 11 is 5.89. The molecule has 0 radical (unpaired) electrons. The first kappa shape index (κ1) is 13.2. The zero-order valence-electron chi connectivity index (χ0n) is 9.47. The molecule has 1 aromatic rings. The van der Waals surface area contributed by atoms with E-state index in [0.717, 1.165) is 5.56 Å². The molecule has 0 saturated heterocycles. The zero-order valence-corrected chi connectivity index (χ0v) is 10.2. The van der Waals surface area contributed by atoms with Gasteiger partial charge in [-0.25, -0.2) is 4.98 Å². The van der Waals surface area contributed by atoms with Crippen LogP contribution in [-0.2, 0) is 0 Å². The monoisotopic (exact) mass is 215 g/mol. The van der Waals surface area contributed by atoms with E-state index in [1.807, 2.05) is 40.7 Å². The maximum absolute atomic E-state index is 5.89. The number of pyridine rings is 1. The van der Waals surface area contributed by atoms with Gasteiger partial charge in [0.25, 0.3) is 0 Å². The Morgan fingerprint density at radius 3 is 2.36 bits per heavy atom. The van der Waals surface area contributed by atoms with Crippen LogP contribution in [0.25, 0.3) is 0 Å². The number of hydrogen-bond donors (Lipinski definition) is 0. The van der Waals surface area contributed by atoms with Gasteiger partial charge in [-0.2, -0.15) is 0 Å². The van der Waals surface area contributed by atoms with Crippen LogP contribution in [0, 0.1) is 6.92 Å². The van der Waals surface area contributed by atoms with E-state index in [1.54, 1.807) is 6.20 Å². The van der Waals surface area contributed by atoms with Crippen molar-refractivity contribution in [1.82, 2.24) is 4.98 Å². The Bertz CT molecular complexity index is 274. The summed E-state index contributed by atoms with van der Waals surface area (Å²) in [6, 6.07) is 1.84. The lowest BCUT2D eigenvalue weighted by atomic mass is 10.3. The quantitative estimate of drug-likeness (QED) is 0.748. The van der Waals surface area contributed by atoms with Crippen molar-refractivity contribution >= 4 is 11.6 Å². The predicted molar refractivity (Wildman–Crippen MR) is 61.1 cm³/mol. The number of aryl methyl sites for hydroxylation is 1. The van der Waals surface area contributed by atoms with Gasteiger partial charge in [0.05, 0.1) is 6.10 Å². The van der Waals surface area contributed by atoms with Crippen molar-refractivity contribution in [1.29, 1.82) is 0 Å². The van der Waals surface area contributed by atoms with E-state index in [2.05, 4.69) is 4.98 Å². The van der Waals surface area contributed by atoms with Crippen LogP contribution >= 0.6 is 11.6 Å². The van der Waals surface area contributed by atoms with Crippen molar-refractivity contribution in [3.63, 3.8) is 0 Å². The summed E-state index contributed by atoms with van der Waals surface area (Å²) in [5, 5.41) is 0.573. The van der Waals surface area contributed by atoms with E-state index in [-0.39, 0.29) is 6.10 Å². The lowest BCUT2D eigenvalue weighted by molar-refractivity contribution is 0.233. The van der Waals surface area contributed by atoms with Gasteiger partial charge in [0.2, 0.25) is 5.88 Å². The van der Waals surface area contributed by atoms with Crippen LogP contribution in [-0.4, -0.2) is 11.1 Å². The zero-order chi connectivity index (χ0) is 11.1. The first-order chi connectivity index (χ1) is 6.59. The Hall–Kier alpha value is -0.760. The van der Waals surface area contributed by atoms with Gasteiger partial charge in [0, 0.05) is 6.20 Å². The highest BCUT2D eigenvalue weighted by molar-refractivity contribution is 6.31. The summed E-state index contributed by atoms with van der Waals surface area (Å²) in [5.74, 6) is 0.511. The van der Waals surface area contributed by atoms with E-state index in [0.29, 0.717) is 10.9 Å². The highest BCUT2D eigenvalue weighted by Crippen LogP contribution is 2.22. The summed E-state index contributed by atoms with van der Waals surface area (Å²) in [6.07, 6.45) is 1.85. The molecule has 0 spiro atoms. The summed E-state index contributed by atoms with van der Waals surface area (Å²) in [4.78, 5) is 4.06. The molecule has 0 unspecified atom stereocenters. The first-order valence-electron chi connectivity index (χ1n) is 4.88. The average molecular weight is 216 g/mol. The van der Waals surface area contributed by atoms with E-state index in [4.69, 9.17) is 16.3 Å². The average Bonchev–Trinajstić information content (AvgIpc) is 2.13. The van der Waals surface area contributed by atoms with Crippen molar-refractivity contribution in [2.24, 2.45) is 0 Å². The summed E-state index contributed by atoms with van der Waals surface area (Å²) in [7, 11) is 0. The Labute approximate surface area is 91.3 Å². The van der Waals surface area contributed by atoms with Gasteiger partial charge in [-0.3, -0.25) is 0 Å². The first-order valence-corrected chi connectivity index (χ1v) is 5.26. The molecule has 0 bridgehead atoms. The summed E-state index contributed by atoms with van der Waals surface area (Å²) in [5.41, 5.74) is 1.04. The van der Waals surface area contributed by atoms with Crippen LogP contribution in [0.2, 0.25) is 5.02 Å². The topological polar surface area (TPSA) is 22.1 Å². The van der Waals surface area contributed by atoms with Gasteiger partial charge in [0.15, 0.2) is 0 Å². The molecule has 1 heterocycles. The van der Waals surface area contributed by atoms with Crippen molar-refractivity contribution in [3.8, 4) is 5.88 Å². The van der Waals surface area contributed by atoms with Gasteiger partial charge >= 0.3 is 0 Å². The second-order valence-electron chi connectivity index (χ2n) is 2.97. The Balaban J connectivity index is 0.000000791. The second-order valence-corrected chi connectivity index (χ2v) is 3.37. The minimum Gasteiger partial charge on any atom is -0.474 e. The fourth-order valence-corrected chi connectivity index (χ4v) is 1.10. The molecule has 0 saturated carbocycles. The minimum absolute atomic E-state index is 0.109. The molecule has 0 aliphatic rings. The van der Waals surface area contributed by atoms with E-state index < -0.39 is 0 Å². The lowest BCUT2D eigenvalue weighted by Crippen LogP contribution is -2.07. The maximum Gasteiger partial charge on any atom is 0.232 e. The van der Waals surface area contributed by atoms with Gasteiger partial charge < -0.3 is 4.74 Å². The van der Waals surface area contributed by atoms with E-state index in [9.17, 15) is 0 Å². The molecular formula is C11H18ClNO. The largest absolute Gasteiger partial charge is 0.474 e. The molecule has 0 aliphatic carbocycles. The van der Waals surface area contributed by atoms with Crippen molar-refractivity contribution in [3.05, 3.63) is 22.8 Å².